The van der Waals surface area contributed by atoms with Crippen LogP contribution in [0.5, 0.6) is 0 Å². The first-order valence-electron chi connectivity index (χ1n) is 5.55. The minimum atomic E-state index is 0.549. The zero-order valence-corrected chi connectivity index (χ0v) is 9.76. The molecule has 0 heterocycles. The number of amides is 1. The van der Waals surface area contributed by atoms with Crippen molar-refractivity contribution in [2.45, 2.75) is 13.5 Å². The molecule has 0 N–H and O–H groups in total. The van der Waals surface area contributed by atoms with Crippen molar-refractivity contribution in [3.8, 4) is 0 Å². The maximum atomic E-state index is 11.0. The normalized spacial score (nSPS) is 9.94. The Morgan fingerprint density at radius 3 is 2.47 bits per heavy atom. The zero-order valence-electron chi connectivity index (χ0n) is 9.76. The van der Waals surface area contributed by atoms with Gasteiger partial charge in [0.2, 0.25) is 0 Å². The lowest BCUT2D eigenvalue weighted by Gasteiger charge is -2.16. The lowest BCUT2D eigenvalue weighted by molar-refractivity contribution is 0.551. The van der Waals surface area contributed by atoms with Gasteiger partial charge in [0.05, 0.1) is 6.54 Å². The molecular weight excluding hydrogens is 210 g/mol. The summed E-state index contributed by atoms with van der Waals surface area (Å²) in [4.78, 5) is 12.6. The summed E-state index contributed by atoms with van der Waals surface area (Å²) in [6, 6.07) is 17.7. The molecule has 0 aliphatic carbocycles. The monoisotopic (exact) mass is 224 g/mol. The van der Waals surface area contributed by atoms with Gasteiger partial charge in [-0.2, -0.15) is 0 Å². The average molecular weight is 224 g/mol. The molecule has 0 bridgehead atoms. The van der Waals surface area contributed by atoms with Crippen LogP contribution in [-0.2, 0) is 11.3 Å². The highest BCUT2D eigenvalue weighted by Gasteiger charge is 2.06. The minimum Gasteiger partial charge on any atom is -0.300 e. The summed E-state index contributed by atoms with van der Waals surface area (Å²) >= 11 is 0. The van der Waals surface area contributed by atoms with Gasteiger partial charge in [-0.3, -0.25) is 9.69 Å². The maximum absolute atomic E-state index is 11.0. The molecule has 17 heavy (non-hydrogen) atoms. The summed E-state index contributed by atoms with van der Waals surface area (Å²) in [5, 5.41) is 0. The average Bonchev–Trinajstić information content (AvgIpc) is 2.37. The summed E-state index contributed by atoms with van der Waals surface area (Å²) in [5.74, 6) is 0. The Hall–Kier alpha value is -2.09. The Balaban J connectivity index is 2.20. The lowest BCUT2D eigenvalue weighted by atomic mass is 10.2. The van der Waals surface area contributed by atoms with Crippen molar-refractivity contribution in [2.75, 3.05) is 4.90 Å². The van der Waals surface area contributed by atoms with Gasteiger partial charge in [0.25, 0.3) is 0 Å². The van der Waals surface area contributed by atoms with E-state index in [2.05, 4.69) is 0 Å². The molecule has 0 aliphatic rings. The van der Waals surface area contributed by atoms with E-state index in [1.54, 1.807) is 4.90 Å². The van der Waals surface area contributed by atoms with Crippen LogP contribution in [0.2, 0.25) is 0 Å². The molecule has 2 rings (SSSR count). The minimum absolute atomic E-state index is 0.549. The van der Waals surface area contributed by atoms with E-state index in [1.165, 1.54) is 0 Å². The first-order valence-corrected chi connectivity index (χ1v) is 5.55. The van der Waals surface area contributed by atoms with Gasteiger partial charge in [-0.15, -0.1) is 0 Å². The Bertz CT molecular complexity index is 493. The van der Waals surface area contributed by atoms with Crippen LogP contribution in [0, 0.1) is 6.92 Å². The number of carbonyl (C=O) groups excluding carboxylic acids is 1. The lowest BCUT2D eigenvalue weighted by Crippen LogP contribution is -2.20. The first kappa shape index (κ1) is 11.4. The van der Waals surface area contributed by atoms with Crippen LogP contribution in [0.25, 0.3) is 0 Å². The van der Waals surface area contributed by atoms with Crippen LogP contribution in [-0.4, -0.2) is 6.41 Å². The van der Waals surface area contributed by atoms with Gasteiger partial charge >= 0.3 is 6.41 Å². The van der Waals surface area contributed by atoms with E-state index in [1.807, 2.05) is 67.9 Å². The standard InChI is InChI=1S/C15H14NO/c1-13-6-5-9-15(10-13)16(12-17)11-14-7-3-2-4-8-14/h2-10H,11H2,1H3. The summed E-state index contributed by atoms with van der Waals surface area (Å²) < 4.78 is 0. The Labute approximate surface area is 102 Å². The third-order valence-corrected chi connectivity index (χ3v) is 2.61. The molecule has 1 radical (unpaired) electrons. The van der Waals surface area contributed by atoms with Crippen molar-refractivity contribution < 1.29 is 4.79 Å². The molecule has 0 saturated heterocycles. The second-order valence-electron chi connectivity index (χ2n) is 4.00. The number of rotatable bonds is 4. The quantitative estimate of drug-likeness (QED) is 0.731. The highest BCUT2D eigenvalue weighted by molar-refractivity contribution is 5.75. The molecule has 2 aromatic rings. The maximum Gasteiger partial charge on any atom is 0.317 e. The Kier molecular flexibility index (Phi) is 3.55. The Morgan fingerprint density at radius 1 is 1.06 bits per heavy atom. The summed E-state index contributed by atoms with van der Waals surface area (Å²) in [6.45, 7) is 2.56. The third-order valence-electron chi connectivity index (χ3n) is 2.61. The fourth-order valence-corrected chi connectivity index (χ4v) is 1.74. The van der Waals surface area contributed by atoms with Crippen LogP contribution >= 0.6 is 0 Å². The second kappa shape index (κ2) is 5.30. The van der Waals surface area contributed by atoms with Gasteiger partial charge in [0.1, 0.15) is 0 Å². The van der Waals surface area contributed by atoms with Gasteiger partial charge in [-0.1, -0.05) is 42.5 Å². The van der Waals surface area contributed by atoms with Crippen LogP contribution in [0.15, 0.2) is 54.6 Å². The van der Waals surface area contributed by atoms with Crippen molar-refractivity contribution in [1.29, 1.82) is 0 Å². The fourth-order valence-electron chi connectivity index (χ4n) is 1.74. The molecule has 0 aromatic heterocycles. The summed E-state index contributed by atoms with van der Waals surface area (Å²) in [7, 11) is 0. The number of hydrogen-bond donors (Lipinski definition) is 0. The largest absolute Gasteiger partial charge is 0.317 e. The van der Waals surface area contributed by atoms with Crippen LogP contribution in [0.3, 0.4) is 0 Å². The second-order valence-corrected chi connectivity index (χ2v) is 4.00. The highest BCUT2D eigenvalue weighted by atomic mass is 16.1. The number of benzene rings is 2. The van der Waals surface area contributed by atoms with Crippen LogP contribution in [0.4, 0.5) is 5.69 Å². The Morgan fingerprint density at radius 2 is 1.82 bits per heavy atom. The predicted octanol–water partition coefficient (Wildman–Crippen LogP) is 3.07. The summed E-state index contributed by atoms with van der Waals surface area (Å²) in [5.41, 5.74) is 3.11. The predicted molar refractivity (Wildman–Crippen MR) is 69.5 cm³/mol. The molecule has 0 spiro atoms. The molecule has 1 amide bonds. The fraction of sp³-hybridized carbons (Fsp3) is 0.133. The number of anilines is 1. The SMILES string of the molecule is Cc1cccc(N([C]=O)Cc2ccccc2)c1. The molecule has 0 fully saturated rings. The van der Waals surface area contributed by atoms with E-state index in [0.717, 1.165) is 16.8 Å². The first-order chi connectivity index (χ1) is 8.29. The van der Waals surface area contributed by atoms with Crippen LogP contribution in [0.1, 0.15) is 11.1 Å². The molecule has 0 unspecified atom stereocenters. The number of aryl methyl sites for hydroxylation is 1. The van der Waals surface area contributed by atoms with E-state index >= 15 is 0 Å². The number of hydrogen-bond acceptors (Lipinski definition) is 1. The van der Waals surface area contributed by atoms with Crippen molar-refractivity contribution in [2.24, 2.45) is 0 Å². The molecule has 0 atom stereocenters. The van der Waals surface area contributed by atoms with E-state index in [0.29, 0.717) is 6.54 Å². The van der Waals surface area contributed by atoms with Crippen LogP contribution < -0.4 is 4.90 Å². The zero-order chi connectivity index (χ0) is 12.1. The number of nitrogens with zero attached hydrogens (tertiary/aromatic N) is 1. The topological polar surface area (TPSA) is 20.3 Å². The van der Waals surface area contributed by atoms with E-state index in [-0.39, 0.29) is 0 Å². The van der Waals surface area contributed by atoms with Gasteiger partial charge in [0, 0.05) is 5.69 Å². The highest BCUT2D eigenvalue weighted by Crippen LogP contribution is 2.16. The molecule has 0 aliphatic heterocycles. The van der Waals surface area contributed by atoms with E-state index in [9.17, 15) is 4.79 Å². The van der Waals surface area contributed by atoms with Crippen molar-refractivity contribution >= 4 is 12.1 Å². The van der Waals surface area contributed by atoms with Gasteiger partial charge in [-0.25, -0.2) is 0 Å². The third kappa shape index (κ3) is 2.94. The van der Waals surface area contributed by atoms with Gasteiger partial charge < -0.3 is 0 Å². The molecule has 85 valence electrons. The molecule has 2 aromatic carbocycles. The molecule has 2 nitrogen and oxygen atoms in total. The van der Waals surface area contributed by atoms with Gasteiger partial charge in [-0.05, 0) is 30.2 Å². The summed E-state index contributed by atoms with van der Waals surface area (Å²) in [6.07, 6.45) is 1.98. The van der Waals surface area contributed by atoms with Crippen molar-refractivity contribution in [1.82, 2.24) is 0 Å². The molecule has 2 heteroatoms. The van der Waals surface area contributed by atoms with Gasteiger partial charge in [0.15, 0.2) is 0 Å². The smallest absolute Gasteiger partial charge is 0.300 e. The van der Waals surface area contributed by atoms with E-state index < -0.39 is 0 Å². The van der Waals surface area contributed by atoms with Crippen molar-refractivity contribution in [3.05, 3.63) is 65.7 Å². The van der Waals surface area contributed by atoms with Crippen molar-refractivity contribution in [3.63, 3.8) is 0 Å². The molecule has 0 saturated carbocycles. The van der Waals surface area contributed by atoms with E-state index in [4.69, 9.17) is 0 Å². The molecular formula is C15H14NO.